The van der Waals surface area contributed by atoms with Crippen LogP contribution in [0.3, 0.4) is 0 Å². The molecule has 0 aromatic heterocycles. The van der Waals surface area contributed by atoms with Crippen molar-refractivity contribution in [1.29, 1.82) is 0 Å². The summed E-state index contributed by atoms with van der Waals surface area (Å²) < 4.78 is 37.9. The molecule has 0 spiro atoms. The minimum Gasteiger partial charge on any atom is -0.507 e. The van der Waals surface area contributed by atoms with E-state index in [1.807, 2.05) is 0 Å². The molecule has 1 atom stereocenters. The zero-order valence-corrected chi connectivity index (χ0v) is 11.4. The van der Waals surface area contributed by atoms with E-state index in [1.54, 1.807) is 0 Å². The number of hydrogen-bond acceptors (Lipinski definition) is 3. The molecule has 4 N–H and O–H groups in total. The van der Waals surface area contributed by atoms with Gasteiger partial charge in [0.2, 0.25) is 0 Å². The summed E-state index contributed by atoms with van der Waals surface area (Å²) in [4.78, 5) is 0. The normalized spacial score (nSPS) is 13.0. The number of phenolic OH excluding ortho intramolecular Hbond substituents is 1. The third-order valence-corrected chi connectivity index (χ3v) is 2.71. The summed E-state index contributed by atoms with van der Waals surface area (Å²) in [6.45, 7) is -0.269. The molecule has 1 aromatic carbocycles. The maximum Gasteiger partial charge on any atom is 0.420 e. The highest BCUT2D eigenvalue weighted by Crippen LogP contribution is 2.41. The topological polar surface area (TPSA) is 66.5 Å². The minimum absolute atomic E-state index is 0. The van der Waals surface area contributed by atoms with Crippen molar-refractivity contribution in [3.8, 4) is 5.75 Å². The van der Waals surface area contributed by atoms with E-state index in [9.17, 15) is 18.3 Å². The minimum atomic E-state index is -4.65. The lowest BCUT2D eigenvalue weighted by molar-refractivity contribution is -0.138. The molecule has 0 aliphatic carbocycles. The van der Waals surface area contributed by atoms with E-state index < -0.39 is 23.5 Å². The van der Waals surface area contributed by atoms with Gasteiger partial charge in [-0.05, 0) is 18.6 Å². The zero-order chi connectivity index (χ0) is 13.2. The molecule has 0 amide bonds. The lowest BCUT2D eigenvalue weighted by Crippen LogP contribution is -2.14. The van der Waals surface area contributed by atoms with Crippen molar-refractivity contribution in [2.24, 2.45) is 5.73 Å². The Kier molecular flexibility index (Phi) is 6.42. The second-order valence-corrected chi connectivity index (χ2v) is 4.42. The first-order valence-electron chi connectivity index (χ1n) is 4.73. The van der Waals surface area contributed by atoms with Gasteiger partial charge in [-0.3, -0.25) is 0 Å². The van der Waals surface area contributed by atoms with Gasteiger partial charge in [0.1, 0.15) is 5.75 Å². The Morgan fingerprint density at radius 1 is 1.33 bits per heavy atom. The fourth-order valence-corrected chi connectivity index (χ4v) is 1.89. The molecule has 0 radical (unpaired) electrons. The number of aromatic hydroxyl groups is 1. The number of rotatable bonds is 3. The molecule has 1 rings (SSSR count). The van der Waals surface area contributed by atoms with Crippen LogP contribution in [0.25, 0.3) is 0 Å². The van der Waals surface area contributed by atoms with E-state index >= 15 is 0 Å². The quantitative estimate of drug-likeness (QED) is 0.785. The molecular weight excluding hydrogens is 338 g/mol. The summed E-state index contributed by atoms with van der Waals surface area (Å²) in [5, 5.41) is 18.2. The van der Waals surface area contributed by atoms with Crippen molar-refractivity contribution in [1.82, 2.24) is 0 Å². The molecule has 0 bridgehead atoms. The monoisotopic (exact) mass is 349 g/mol. The maximum atomic E-state index is 12.6. The predicted molar refractivity (Wildman–Crippen MR) is 66.7 cm³/mol. The molecule has 0 saturated carbocycles. The number of benzene rings is 1. The van der Waals surface area contributed by atoms with E-state index in [0.717, 1.165) is 6.07 Å². The summed E-state index contributed by atoms with van der Waals surface area (Å²) in [6, 6.07) is 1.24. The van der Waals surface area contributed by atoms with Crippen LogP contribution in [-0.4, -0.2) is 16.8 Å². The Bertz CT molecular complexity index is 415. The van der Waals surface area contributed by atoms with Gasteiger partial charge < -0.3 is 15.9 Å². The smallest absolute Gasteiger partial charge is 0.420 e. The summed E-state index contributed by atoms with van der Waals surface area (Å²) in [5.74, 6) is -0.887. The lowest BCUT2D eigenvalue weighted by Gasteiger charge is -2.17. The van der Waals surface area contributed by atoms with Crippen LogP contribution in [-0.2, 0) is 6.18 Å². The second kappa shape index (κ2) is 6.60. The van der Waals surface area contributed by atoms with E-state index in [-0.39, 0.29) is 35.5 Å². The Balaban J connectivity index is 0.00000289. The molecule has 0 fully saturated rings. The molecule has 0 heterocycles. The molecule has 104 valence electrons. The summed E-state index contributed by atoms with van der Waals surface area (Å²) in [7, 11) is 0. The maximum absolute atomic E-state index is 12.6. The first kappa shape index (κ1) is 17.5. The van der Waals surface area contributed by atoms with Crippen LogP contribution in [0.4, 0.5) is 13.2 Å². The SMILES string of the molecule is Cl.N[C@@H](CCO)c1cc(Br)cc(C(F)(F)F)c1O. The number of halogens is 5. The third kappa shape index (κ3) is 4.01. The Hall–Kier alpha value is -0.500. The van der Waals surface area contributed by atoms with E-state index in [1.165, 1.54) is 6.07 Å². The van der Waals surface area contributed by atoms with Gasteiger partial charge in [0.05, 0.1) is 5.56 Å². The molecule has 8 heteroatoms. The first-order valence-corrected chi connectivity index (χ1v) is 5.52. The predicted octanol–water partition coefficient (Wildman–Crippen LogP) is 2.98. The largest absolute Gasteiger partial charge is 0.507 e. The molecule has 0 aliphatic rings. The number of aliphatic hydroxyl groups excluding tert-OH is 1. The number of aliphatic hydroxyl groups is 1. The molecule has 0 aliphatic heterocycles. The molecule has 3 nitrogen and oxygen atoms in total. The van der Waals surface area contributed by atoms with E-state index in [2.05, 4.69) is 15.9 Å². The van der Waals surface area contributed by atoms with Crippen LogP contribution in [0.2, 0.25) is 0 Å². The Morgan fingerprint density at radius 2 is 1.89 bits per heavy atom. The van der Waals surface area contributed by atoms with Crippen LogP contribution < -0.4 is 5.73 Å². The summed E-state index contributed by atoms with van der Waals surface area (Å²) >= 11 is 2.93. The summed E-state index contributed by atoms with van der Waals surface area (Å²) in [6.07, 6.45) is -4.58. The van der Waals surface area contributed by atoms with Crippen molar-refractivity contribution >= 4 is 28.3 Å². The molecular formula is C10H12BrClF3NO2. The average molecular weight is 351 g/mol. The van der Waals surface area contributed by atoms with Gasteiger partial charge >= 0.3 is 6.18 Å². The van der Waals surface area contributed by atoms with Gasteiger partial charge in [-0.15, -0.1) is 12.4 Å². The van der Waals surface area contributed by atoms with Gasteiger partial charge in [0, 0.05) is 22.7 Å². The molecule has 0 unspecified atom stereocenters. The Labute approximate surface area is 116 Å². The number of nitrogens with two attached hydrogens (primary N) is 1. The highest BCUT2D eigenvalue weighted by atomic mass is 79.9. The standard InChI is InChI=1S/C10H11BrF3NO2.ClH/c11-5-3-6(8(15)1-2-16)9(17)7(4-5)10(12,13)14;/h3-4,8,16-17H,1-2,15H2;1H/t8-;/m0./s1. The van der Waals surface area contributed by atoms with Crippen LogP contribution in [0.1, 0.15) is 23.6 Å². The molecule has 18 heavy (non-hydrogen) atoms. The molecule has 1 aromatic rings. The number of alkyl halides is 3. The van der Waals surface area contributed by atoms with Crippen LogP contribution >= 0.6 is 28.3 Å². The van der Waals surface area contributed by atoms with Crippen molar-refractivity contribution in [3.05, 3.63) is 27.7 Å². The Morgan fingerprint density at radius 3 is 2.33 bits per heavy atom. The van der Waals surface area contributed by atoms with Crippen molar-refractivity contribution < 1.29 is 23.4 Å². The van der Waals surface area contributed by atoms with Crippen molar-refractivity contribution in [2.75, 3.05) is 6.61 Å². The first-order chi connectivity index (χ1) is 7.77. The van der Waals surface area contributed by atoms with Crippen LogP contribution in [0.15, 0.2) is 16.6 Å². The van der Waals surface area contributed by atoms with Crippen molar-refractivity contribution in [2.45, 2.75) is 18.6 Å². The molecule has 0 saturated heterocycles. The van der Waals surface area contributed by atoms with Gasteiger partial charge in [-0.25, -0.2) is 0 Å². The zero-order valence-electron chi connectivity index (χ0n) is 9.04. The van der Waals surface area contributed by atoms with Crippen molar-refractivity contribution in [3.63, 3.8) is 0 Å². The number of phenols is 1. The average Bonchev–Trinajstić information content (AvgIpc) is 2.19. The van der Waals surface area contributed by atoms with Crippen LogP contribution in [0, 0.1) is 0 Å². The van der Waals surface area contributed by atoms with E-state index in [4.69, 9.17) is 10.8 Å². The fourth-order valence-electron chi connectivity index (χ4n) is 1.41. The van der Waals surface area contributed by atoms with Crippen LogP contribution in [0.5, 0.6) is 5.75 Å². The van der Waals surface area contributed by atoms with E-state index in [0.29, 0.717) is 0 Å². The number of hydrogen-bond donors (Lipinski definition) is 3. The highest BCUT2D eigenvalue weighted by Gasteiger charge is 2.35. The van der Waals surface area contributed by atoms with Gasteiger partial charge in [0.15, 0.2) is 0 Å². The third-order valence-electron chi connectivity index (χ3n) is 2.25. The highest BCUT2D eigenvalue weighted by molar-refractivity contribution is 9.10. The summed E-state index contributed by atoms with van der Waals surface area (Å²) in [5.41, 5.74) is 4.39. The fraction of sp³-hybridized carbons (Fsp3) is 0.400. The van der Waals surface area contributed by atoms with Gasteiger partial charge in [-0.2, -0.15) is 13.2 Å². The lowest BCUT2D eigenvalue weighted by atomic mass is 10.0. The van der Waals surface area contributed by atoms with Gasteiger partial charge in [-0.1, -0.05) is 15.9 Å². The second-order valence-electron chi connectivity index (χ2n) is 3.51. The van der Waals surface area contributed by atoms with Gasteiger partial charge in [0.25, 0.3) is 0 Å².